The minimum Gasteiger partial charge on any atom is -0.453 e. The number of thiazole rings is 1. The topological polar surface area (TPSA) is 69.2 Å². The minimum absolute atomic E-state index is 0.216. The number of rotatable bonds is 5. The second-order valence-electron chi connectivity index (χ2n) is 5.97. The van der Waals surface area contributed by atoms with Crippen LogP contribution in [0.2, 0.25) is 0 Å². The maximum atomic E-state index is 12.4. The van der Waals surface area contributed by atoms with Crippen LogP contribution in [0.25, 0.3) is 10.7 Å². The van der Waals surface area contributed by atoms with Gasteiger partial charge in [-0.15, -0.1) is 11.3 Å². The number of aromatic nitrogens is 2. The molecule has 26 heavy (non-hydrogen) atoms. The van der Waals surface area contributed by atoms with Gasteiger partial charge in [0.05, 0.1) is 11.4 Å². The fourth-order valence-corrected chi connectivity index (χ4v) is 3.43. The van der Waals surface area contributed by atoms with Crippen LogP contribution in [-0.2, 0) is 4.74 Å². The molecule has 0 saturated heterocycles. The molecule has 0 atom stereocenters. The molecule has 132 valence electrons. The Morgan fingerprint density at radius 1 is 1.12 bits per heavy atom. The van der Waals surface area contributed by atoms with Crippen molar-refractivity contribution in [2.45, 2.75) is 20.8 Å². The van der Waals surface area contributed by atoms with Crippen LogP contribution >= 0.6 is 11.3 Å². The molecule has 0 aliphatic carbocycles. The number of hydrogen-bond acceptors (Lipinski definition) is 6. The van der Waals surface area contributed by atoms with Crippen molar-refractivity contribution in [3.05, 3.63) is 69.9 Å². The van der Waals surface area contributed by atoms with Crippen LogP contribution in [0.4, 0.5) is 0 Å². The number of carbonyl (C=O) groups is 2. The number of carbonyl (C=O) groups excluding carboxylic acids is 2. The van der Waals surface area contributed by atoms with Crippen molar-refractivity contribution < 1.29 is 14.3 Å². The third-order valence-corrected chi connectivity index (χ3v) is 5.05. The lowest BCUT2D eigenvalue weighted by molar-refractivity contribution is 0.0478. The molecule has 5 nitrogen and oxygen atoms in total. The maximum Gasteiger partial charge on any atom is 0.350 e. The molecule has 0 unspecified atom stereocenters. The van der Waals surface area contributed by atoms with Gasteiger partial charge in [0.1, 0.15) is 9.88 Å². The highest BCUT2D eigenvalue weighted by molar-refractivity contribution is 7.17. The summed E-state index contributed by atoms with van der Waals surface area (Å²) in [6, 6.07) is 11.1. The van der Waals surface area contributed by atoms with E-state index < -0.39 is 5.97 Å². The summed E-state index contributed by atoms with van der Waals surface area (Å²) in [5, 5.41) is 0.649. The van der Waals surface area contributed by atoms with E-state index in [0.29, 0.717) is 26.8 Å². The first-order valence-corrected chi connectivity index (χ1v) is 8.94. The number of aryl methyl sites for hydroxylation is 3. The number of ether oxygens (including phenoxy) is 1. The smallest absolute Gasteiger partial charge is 0.350 e. The van der Waals surface area contributed by atoms with E-state index in [1.165, 1.54) is 11.3 Å². The van der Waals surface area contributed by atoms with Crippen molar-refractivity contribution in [1.82, 2.24) is 9.97 Å². The average Bonchev–Trinajstić information content (AvgIpc) is 3.04. The molecule has 0 saturated carbocycles. The number of ketones is 1. The standard InChI is InChI=1S/C20H18N2O3S/c1-12-7-8-13(2)15(10-12)17(23)11-25-20(24)18-14(3)22-19(26-18)16-6-4-5-9-21-16/h4-10H,11H2,1-3H3. The van der Waals surface area contributed by atoms with Crippen LogP contribution in [0.15, 0.2) is 42.6 Å². The lowest BCUT2D eigenvalue weighted by Crippen LogP contribution is -2.15. The van der Waals surface area contributed by atoms with Crippen LogP contribution in [0.1, 0.15) is 36.9 Å². The quantitative estimate of drug-likeness (QED) is 0.501. The molecule has 0 fully saturated rings. The zero-order valence-electron chi connectivity index (χ0n) is 14.8. The second-order valence-corrected chi connectivity index (χ2v) is 6.97. The molecule has 0 aliphatic heterocycles. The number of esters is 1. The van der Waals surface area contributed by atoms with Crippen molar-refractivity contribution in [2.24, 2.45) is 0 Å². The van der Waals surface area contributed by atoms with Crippen LogP contribution < -0.4 is 0 Å². The van der Waals surface area contributed by atoms with Crippen LogP contribution in [0.3, 0.4) is 0 Å². The van der Waals surface area contributed by atoms with Crippen molar-refractivity contribution in [1.29, 1.82) is 0 Å². The molecule has 0 amide bonds. The summed E-state index contributed by atoms with van der Waals surface area (Å²) in [5.41, 5.74) is 3.70. The summed E-state index contributed by atoms with van der Waals surface area (Å²) in [6.07, 6.45) is 1.67. The lowest BCUT2D eigenvalue weighted by atomic mass is 10.0. The molecule has 0 N–H and O–H groups in total. The Balaban J connectivity index is 1.72. The van der Waals surface area contributed by atoms with Crippen molar-refractivity contribution >= 4 is 23.1 Å². The Kier molecular flexibility index (Phi) is 5.23. The van der Waals surface area contributed by atoms with E-state index in [2.05, 4.69) is 9.97 Å². The molecule has 2 aromatic heterocycles. The summed E-state index contributed by atoms with van der Waals surface area (Å²) >= 11 is 1.21. The molecule has 2 heterocycles. The molecular formula is C20H18N2O3S. The van der Waals surface area contributed by atoms with Crippen LogP contribution in [0, 0.1) is 20.8 Å². The lowest BCUT2D eigenvalue weighted by Gasteiger charge is -2.07. The number of benzene rings is 1. The first-order valence-electron chi connectivity index (χ1n) is 8.12. The molecular weight excluding hydrogens is 348 g/mol. The van der Waals surface area contributed by atoms with Crippen molar-refractivity contribution in [3.63, 3.8) is 0 Å². The Morgan fingerprint density at radius 2 is 1.92 bits per heavy atom. The molecule has 0 spiro atoms. The van der Waals surface area contributed by atoms with Gasteiger partial charge in [-0.2, -0.15) is 0 Å². The van der Waals surface area contributed by atoms with Gasteiger partial charge >= 0.3 is 5.97 Å². The summed E-state index contributed by atoms with van der Waals surface area (Å²) in [7, 11) is 0. The predicted octanol–water partition coefficient (Wildman–Crippen LogP) is 4.17. The second kappa shape index (κ2) is 7.58. The highest BCUT2D eigenvalue weighted by Gasteiger charge is 2.20. The van der Waals surface area contributed by atoms with E-state index >= 15 is 0 Å². The van der Waals surface area contributed by atoms with Gasteiger partial charge in [0.2, 0.25) is 5.78 Å². The van der Waals surface area contributed by atoms with E-state index in [9.17, 15) is 9.59 Å². The summed E-state index contributed by atoms with van der Waals surface area (Å²) in [6.45, 7) is 5.23. The fourth-order valence-electron chi connectivity index (χ4n) is 2.50. The Morgan fingerprint density at radius 3 is 2.65 bits per heavy atom. The maximum absolute atomic E-state index is 12.4. The van der Waals surface area contributed by atoms with Crippen LogP contribution in [-0.4, -0.2) is 28.3 Å². The van der Waals surface area contributed by atoms with E-state index in [4.69, 9.17) is 4.74 Å². The van der Waals surface area contributed by atoms with Gasteiger partial charge in [0.25, 0.3) is 0 Å². The van der Waals surface area contributed by atoms with Gasteiger partial charge in [-0.3, -0.25) is 9.78 Å². The predicted molar refractivity (Wildman–Crippen MR) is 101 cm³/mol. The largest absolute Gasteiger partial charge is 0.453 e. The number of pyridine rings is 1. The van der Waals surface area contributed by atoms with E-state index in [1.807, 2.05) is 50.2 Å². The van der Waals surface area contributed by atoms with Gasteiger partial charge in [-0.05, 0) is 44.5 Å². The van der Waals surface area contributed by atoms with E-state index in [0.717, 1.165) is 11.1 Å². The van der Waals surface area contributed by atoms with E-state index in [-0.39, 0.29) is 12.4 Å². The van der Waals surface area contributed by atoms with Crippen molar-refractivity contribution in [3.8, 4) is 10.7 Å². The molecule has 0 radical (unpaired) electrons. The third-order valence-electron chi connectivity index (χ3n) is 3.89. The fraction of sp³-hybridized carbons (Fsp3) is 0.200. The van der Waals surface area contributed by atoms with Crippen LogP contribution in [0.5, 0.6) is 0 Å². The normalized spacial score (nSPS) is 10.6. The highest BCUT2D eigenvalue weighted by atomic mass is 32.1. The van der Waals surface area contributed by atoms with Gasteiger partial charge in [-0.1, -0.05) is 23.8 Å². The highest BCUT2D eigenvalue weighted by Crippen LogP contribution is 2.27. The molecule has 0 aliphatic rings. The molecule has 3 aromatic rings. The van der Waals surface area contributed by atoms with E-state index in [1.54, 1.807) is 13.1 Å². The monoisotopic (exact) mass is 366 g/mol. The number of nitrogens with zero attached hydrogens (tertiary/aromatic N) is 2. The number of hydrogen-bond donors (Lipinski definition) is 0. The zero-order chi connectivity index (χ0) is 18.7. The van der Waals surface area contributed by atoms with Crippen molar-refractivity contribution in [2.75, 3.05) is 6.61 Å². The summed E-state index contributed by atoms with van der Waals surface area (Å²) < 4.78 is 5.23. The number of Topliss-reactive ketones (excluding diaryl/α,β-unsaturated/α-hetero) is 1. The first kappa shape index (κ1) is 17.9. The minimum atomic E-state index is -0.541. The zero-order valence-corrected chi connectivity index (χ0v) is 15.6. The molecule has 0 bridgehead atoms. The SMILES string of the molecule is Cc1ccc(C)c(C(=O)COC(=O)c2sc(-c3ccccn3)nc2C)c1. The molecule has 3 rings (SSSR count). The Labute approximate surface area is 155 Å². The first-order chi connectivity index (χ1) is 12.5. The van der Waals surface area contributed by atoms with Gasteiger partial charge in [0.15, 0.2) is 6.61 Å². The molecule has 1 aromatic carbocycles. The van der Waals surface area contributed by atoms with Gasteiger partial charge in [-0.25, -0.2) is 9.78 Å². The third kappa shape index (κ3) is 3.86. The van der Waals surface area contributed by atoms with Gasteiger partial charge in [0, 0.05) is 11.8 Å². The Bertz CT molecular complexity index is 964. The van der Waals surface area contributed by atoms with Gasteiger partial charge < -0.3 is 4.74 Å². The average molecular weight is 366 g/mol. The summed E-state index contributed by atoms with van der Waals surface area (Å²) in [5.74, 6) is -0.757. The summed E-state index contributed by atoms with van der Waals surface area (Å²) in [4.78, 5) is 33.7. The Hall–Kier alpha value is -2.86. The molecule has 6 heteroatoms.